The van der Waals surface area contributed by atoms with Crippen LogP contribution in [0.3, 0.4) is 0 Å². The summed E-state index contributed by atoms with van der Waals surface area (Å²) < 4.78 is 5.58. The van der Waals surface area contributed by atoms with Gasteiger partial charge in [-0.25, -0.2) is 0 Å². The third-order valence-electron chi connectivity index (χ3n) is 3.12. The molecule has 0 bridgehead atoms. The lowest BCUT2D eigenvalue weighted by Gasteiger charge is -2.15. The van der Waals surface area contributed by atoms with E-state index in [1.165, 1.54) is 4.90 Å². The number of thioether (sulfide) groups is 1. The highest BCUT2D eigenvalue weighted by atomic mass is 35.5. The first kappa shape index (κ1) is 16.7. The molecule has 116 valence electrons. The Hall–Kier alpha value is -1.65. The second-order valence-corrected chi connectivity index (χ2v) is 6.10. The minimum absolute atomic E-state index is 0.149. The molecule has 0 saturated carbocycles. The fraction of sp³-hybridized carbons (Fsp3) is 0.235. The fourth-order valence-electron chi connectivity index (χ4n) is 1.85. The second-order valence-electron chi connectivity index (χ2n) is 4.78. The predicted molar refractivity (Wildman–Crippen MR) is 91.6 cm³/mol. The summed E-state index contributed by atoms with van der Waals surface area (Å²) in [5, 5.41) is 3.51. The third-order valence-corrected chi connectivity index (χ3v) is 4.12. The van der Waals surface area contributed by atoms with Gasteiger partial charge in [0.2, 0.25) is 0 Å². The van der Waals surface area contributed by atoms with Crippen LogP contribution in [-0.4, -0.2) is 18.3 Å². The molecule has 0 fully saturated rings. The topological polar surface area (TPSA) is 38.3 Å². The van der Waals surface area contributed by atoms with E-state index in [0.29, 0.717) is 17.3 Å². The van der Waals surface area contributed by atoms with Crippen LogP contribution in [0.15, 0.2) is 53.4 Å². The second kappa shape index (κ2) is 8.11. The molecule has 22 heavy (non-hydrogen) atoms. The molecular formula is C17H18ClNO2S. The van der Waals surface area contributed by atoms with E-state index in [0.717, 1.165) is 5.56 Å². The summed E-state index contributed by atoms with van der Waals surface area (Å²) in [6.07, 6.45) is 1.47. The Morgan fingerprint density at radius 3 is 2.41 bits per heavy atom. The van der Waals surface area contributed by atoms with Crippen LogP contribution in [0.25, 0.3) is 0 Å². The van der Waals surface area contributed by atoms with Crippen molar-refractivity contribution in [3.63, 3.8) is 0 Å². The van der Waals surface area contributed by atoms with E-state index in [1.807, 2.05) is 30.5 Å². The van der Waals surface area contributed by atoms with Crippen LogP contribution < -0.4 is 10.1 Å². The van der Waals surface area contributed by atoms with Gasteiger partial charge in [0.15, 0.2) is 6.10 Å². The molecule has 1 amide bonds. The zero-order chi connectivity index (χ0) is 15.9. The van der Waals surface area contributed by atoms with Gasteiger partial charge in [0.1, 0.15) is 5.75 Å². The Labute approximate surface area is 140 Å². The largest absolute Gasteiger partial charge is 0.481 e. The average Bonchev–Trinajstić information content (AvgIpc) is 2.55. The zero-order valence-corrected chi connectivity index (χ0v) is 14.1. The van der Waals surface area contributed by atoms with Crippen molar-refractivity contribution in [2.75, 3.05) is 6.26 Å². The standard InChI is InChI=1S/C17H18ClNO2S/c1-12(21-15-7-5-14(18)6-8-15)17(20)19-11-13-3-9-16(22-2)10-4-13/h3-10,12H,11H2,1-2H3,(H,19,20). The lowest BCUT2D eigenvalue weighted by molar-refractivity contribution is -0.127. The van der Waals surface area contributed by atoms with Crippen LogP contribution in [0.5, 0.6) is 5.75 Å². The van der Waals surface area contributed by atoms with Crippen molar-refractivity contribution in [3.05, 3.63) is 59.1 Å². The predicted octanol–water partition coefficient (Wildman–Crippen LogP) is 4.15. The Morgan fingerprint density at radius 1 is 1.18 bits per heavy atom. The number of hydrogen-bond donors (Lipinski definition) is 1. The maximum absolute atomic E-state index is 12.0. The molecule has 2 rings (SSSR count). The molecule has 2 aromatic rings. The Balaban J connectivity index is 1.84. The summed E-state index contributed by atoms with van der Waals surface area (Å²) in [5.41, 5.74) is 1.06. The van der Waals surface area contributed by atoms with Crippen molar-refractivity contribution < 1.29 is 9.53 Å². The zero-order valence-electron chi connectivity index (χ0n) is 12.5. The summed E-state index contributed by atoms with van der Waals surface area (Å²) in [6, 6.07) is 15.1. The van der Waals surface area contributed by atoms with Gasteiger partial charge in [0.25, 0.3) is 5.91 Å². The van der Waals surface area contributed by atoms with E-state index >= 15 is 0 Å². The maximum Gasteiger partial charge on any atom is 0.261 e. The highest BCUT2D eigenvalue weighted by molar-refractivity contribution is 7.98. The number of nitrogens with one attached hydrogen (secondary N) is 1. The molecule has 3 nitrogen and oxygen atoms in total. The number of hydrogen-bond acceptors (Lipinski definition) is 3. The first-order valence-electron chi connectivity index (χ1n) is 6.91. The van der Waals surface area contributed by atoms with Gasteiger partial charge in [-0.2, -0.15) is 0 Å². The van der Waals surface area contributed by atoms with Crippen molar-refractivity contribution >= 4 is 29.3 Å². The van der Waals surface area contributed by atoms with E-state index in [2.05, 4.69) is 5.32 Å². The highest BCUT2D eigenvalue weighted by Gasteiger charge is 2.14. The van der Waals surface area contributed by atoms with Crippen molar-refractivity contribution in [2.24, 2.45) is 0 Å². The lowest BCUT2D eigenvalue weighted by atomic mass is 10.2. The quantitative estimate of drug-likeness (QED) is 0.806. The van der Waals surface area contributed by atoms with Crippen LogP contribution in [0.4, 0.5) is 0 Å². The van der Waals surface area contributed by atoms with Gasteiger partial charge in [-0.05, 0) is 55.1 Å². The highest BCUT2D eigenvalue weighted by Crippen LogP contribution is 2.17. The van der Waals surface area contributed by atoms with Gasteiger partial charge < -0.3 is 10.1 Å². The van der Waals surface area contributed by atoms with Gasteiger partial charge in [0.05, 0.1) is 0 Å². The number of halogens is 1. The lowest BCUT2D eigenvalue weighted by Crippen LogP contribution is -2.35. The molecule has 0 aliphatic carbocycles. The summed E-state index contributed by atoms with van der Waals surface area (Å²) in [5.74, 6) is 0.472. The van der Waals surface area contributed by atoms with Gasteiger partial charge >= 0.3 is 0 Å². The molecule has 0 heterocycles. The van der Waals surface area contributed by atoms with Gasteiger partial charge in [-0.1, -0.05) is 23.7 Å². The van der Waals surface area contributed by atoms with E-state index in [1.54, 1.807) is 43.0 Å². The molecule has 0 spiro atoms. The van der Waals surface area contributed by atoms with Crippen molar-refractivity contribution in [3.8, 4) is 5.75 Å². The molecule has 1 N–H and O–H groups in total. The summed E-state index contributed by atoms with van der Waals surface area (Å²) in [7, 11) is 0. The van der Waals surface area contributed by atoms with Crippen molar-refractivity contribution in [2.45, 2.75) is 24.5 Å². The molecule has 0 saturated heterocycles. The number of carbonyl (C=O) groups is 1. The van der Waals surface area contributed by atoms with Crippen LogP contribution in [0.1, 0.15) is 12.5 Å². The molecule has 0 aromatic heterocycles. The first-order chi connectivity index (χ1) is 10.6. The normalized spacial score (nSPS) is 11.8. The average molecular weight is 336 g/mol. The number of amides is 1. The fourth-order valence-corrected chi connectivity index (χ4v) is 2.38. The maximum atomic E-state index is 12.0. The Kier molecular flexibility index (Phi) is 6.16. The van der Waals surface area contributed by atoms with Crippen LogP contribution >= 0.6 is 23.4 Å². The van der Waals surface area contributed by atoms with Gasteiger partial charge in [-0.3, -0.25) is 4.79 Å². The monoisotopic (exact) mass is 335 g/mol. The van der Waals surface area contributed by atoms with Crippen molar-refractivity contribution in [1.82, 2.24) is 5.32 Å². The molecule has 0 aliphatic rings. The number of ether oxygens (including phenoxy) is 1. The minimum Gasteiger partial charge on any atom is -0.481 e. The van der Waals surface area contributed by atoms with Crippen LogP contribution in [0, 0.1) is 0 Å². The molecule has 1 atom stereocenters. The van der Waals surface area contributed by atoms with Crippen LogP contribution in [0.2, 0.25) is 5.02 Å². The molecular weight excluding hydrogens is 318 g/mol. The van der Waals surface area contributed by atoms with Gasteiger partial charge in [0, 0.05) is 16.5 Å². The Morgan fingerprint density at radius 2 is 1.82 bits per heavy atom. The van der Waals surface area contributed by atoms with Crippen LogP contribution in [-0.2, 0) is 11.3 Å². The molecule has 0 radical (unpaired) electrons. The first-order valence-corrected chi connectivity index (χ1v) is 8.51. The number of carbonyl (C=O) groups excluding carboxylic acids is 1. The van der Waals surface area contributed by atoms with Crippen molar-refractivity contribution in [1.29, 1.82) is 0 Å². The third kappa shape index (κ3) is 4.97. The summed E-state index contributed by atoms with van der Waals surface area (Å²) in [4.78, 5) is 13.2. The Bertz CT molecular complexity index is 614. The molecule has 5 heteroatoms. The minimum atomic E-state index is -0.563. The number of rotatable bonds is 6. The molecule has 0 aliphatic heterocycles. The SMILES string of the molecule is CSc1ccc(CNC(=O)C(C)Oc2ccc(Cl)cc2)cc1. The molecule has 1 unspecified atom stereocenters. The van der Waals surface area contributed by atoms with E-state index < -0.39 is 6.10 Å². The molecule has 2 aromatic carbocycles. The number of benzene rings is 2. The van der Waals surface area contributed by atoms with E-state index in [9.17, 15) is 4.79 Å². The summed E-state index contributed by atoms with van der Waals surface area (Å²) in [6.45, 7) is 2.21. The van der Waals surface area contributed by atoms with E-state index in [-0.39, 0.29) is 5.91 Å². The van der Waals surface area contributed by atoms with Gasteiger partial charge in [-0.15, -0.1) is 11.8 Å². The smallest absolute Gasteiger partial charge is 0.261 e. The van der Waals surface area contributed by atoms with E-state index in [4.69, 9.17) is 16.3 Å². The summed E-state index contributed by atoms with van der Waals surface area (Å²) >= 11 is 7.51.